The van der Waals surface area contributed by atoms with Gasteiger partial charge in [-0.3, -0.25) is 10.1 Å². The fraction of sp³-hybridized carbons (Fsp3) is 0.273. The molecule has 0 aliphatic heterocycles. The van der Waals surface area contributed by atoms with E-state index in [2.05, 4.69) is 5.10 Å². The van der Waals surface area contributed by atoms with Gasteiger partial charge in [-0.2, -0.15) is 5.10 Å². The number of rotatable bonds is 6. The summed E-state index contributed by atoms with van der Waals surface area (Å²) >= 11 is 0. The maximum absolute atomic E-state index is 10.8. The molecule has 0 aliphatic rings. The Hall–Kier alpha value is -2.84. The Labute approximate surface area is 113 Å². The molecule has 0 saturated carbocycles. The van der Waals surface area contributed by atoms with E-state index in [1.165, 1.54) is 14.0 Å². The number of benzene rings is 1. The number of hydrogen-bond acceptors (Lipinski definition) is 7. The first-order valence-corrected chi connectivity index (χ1v) is 5.39. The van der Waals surface area contributed by atoms with E-state index in [4.69, 9.17) is 20.4 Å². The Morgan fingerprint density at radius 1 is 1.60 bits per heavy atom. The average molecular weight is 283 g/mol. The molecule has 1 aromatic carbocycles. The molecule has 9 heteroatoms. The molecule has 3 N–H and O–H groups in total. The van der Waals surface area contributed by atoms with Crippen molar-refractivity contribution in [2.24, 2.45) is 10.9 Å². The van der Waals surface area contributed by atoms with E-state index in [1.807, 2.05) is 0 Å². The minimum absolute atomic E-state index is 0.0159. The second kappa shape index (κ2) is 6.36. The number of carboxylic acids is 1. The summed E-state index contributed by atoms with van der Waals surface area (Å²) < 4.78 is 10.2. The molecule has 0 heterocycles. The lowest BCUT2D eigenvalue weighted by Gasteiger charge is -2.15. The van der Waals surface area contributed by atoms with Crippen molar-refractivity contribution in [1.29, 1.82) is 0 Å². The van der Waals surface area contributed by atoms with Crippen LogP contribution in [0.25, 0.3) is 0 Å². The number of non-ortho nitro benzene ring substituents is 1. The molecule has 1 atom stereocenters. The van der Waals surface area contributed by atoms with Crippen molar-refractivity contribution in [3.05, 3.63) is 27.8 Å². The molecule has 0 spiro atoms. The van der Waals surface area contributed by atoms with Crippen LogP contribution in [0, 0.1) is 10.1 Å². The Balaban J connectivity index is 3.38. The molecule has 1 rings (SSSR count). The first kappa shape index (κ1) is 15.2. The summed E-state index contributed by atoms with van der Waals surface area (Å²) in [7, 11) is 1.28. The maximum atomic E-state index is 10.8. The summed E-state index contributed by atoms with van der Waals surface area (Å²) in [4.78, 5) is 21.0. The maximum Gasteiger partial charge on any atom is 0.344 e. The Morgan fingerprint density at radius 2 is 2.25 bits per heavy atom. The zero-order chi connectivity index (χ0) is 15.3. The normalized spacial score (nSPS) is 12.1. The second-order valence-corrected chi connectivity index (χ2v) is 3.70. The zero-order valence-corrected chi connectivity index (χ0v) is 10.8. The second-order valence-electron chi connectivity index (χ2n) is 3.70. The van der Waals surface area contributed by atoms with Gasteiger partial charge in [0, 0.05) is 11.6 Å². The quantitative estimate of drug-likeness (QED) is 0.340. The lowest BCUT2D eigenvalue weighted by Crippen LogP contribution is -2.23. The molecule has 108 valence electrons. The number of nitrogens with two attached hydrogens (primary N) is 1. The highest BCUT2D eigenvalue weighted by molar-refractivity contribution is 5.86. The van der Waals surface area contributed by atoms with Gasteiger partial charge in [0.25, 0.3) is 5.69 Å². The van der Waals surface area contributed by atoms with E-state index in [0.29, 0.717) is 0 Å². The van der Waals surface area contributed by atoms with E-state index < -0.39 is 17.0 Å². The third-order valence-electron chi connectivity index (χ3n) is 2.36. The van der Waals surface area contributed by atoms with Crippen molar-refractivity contribution in [2.45, 2.75) is 13.0 Å². The van der Waals surface area contributed by atoms with E-state index in [9.17, 15) is 14.9 Å². The van der Waals surface area contributed by atoms with Gasteiger partial charge in [0.1, 0.15) is 0 Å². The highest BCUT2D eigenvalue weighted by Gasteiger charge is 2.22. The summed E-state index contributed by atoms with van der Waals surface area (Å²) in [5, 5.41) is 22.9. The molecule has 0 aliphatic carbocycles. The predicted molar refractivity (Wildman–Crippen MR) is 69.2 cm³/mol. The van der Waals surface area contributed by atoms with Gasteiger partial charge in [0.2, 0.25) is 0 Å². The molecule has 0 fully saturated rings. The monoisotopic (exact) mass is 283 g/mol. The summed E-state index contributed by atoms with van der Waals surface area (Å²) in [6.07, 6.45) is -0.0605. The minimum atomic E-state index is -1.19. The molecule has 0 saturated heterocycles. The van der Waals surface area contributed by atoms with Crippen LogP contribution >= 0.6 is 0 Å². The van der Waals surface area contributed by atoms with Gasteiger partial charge in [0.15, 0.2) is 17.6 Å². The van der Waals surface area contributed by atoms with Gasteiger partial charge >= 0.3 is 5.97 Å². The third kappa shape index (κ3) is 3.34. The fourth-order valence-electron chi connectivity index (χ4n) is 1.40. The van der Waals surface area contributed by atoms with Crippen LogP contribution in [0.3, 0.4) is 0 Å². The van der Waals surface area contributed by atoms with E-state index >= 15 is 0 Å². The lowest BCUT2D eigenvalue weighted by molar-refractivity contribution is -0.385. The molecule has 0 bridgehead atoms. The summed E-state index contributed by atoms with van der Waals surface area (Å²) in [6.45, 7) is 1.31. The molecule has 0 radical (unpaired) electrons. The topological polar surface area (TPSA) is 137 Å². The molecule has 0 amide bonds. The molecule has 1 unspecified atom stereocenters. The number of hydrazone groups is 1. The Morgan fingerprint density at radius 3 is 2.70 bits per heavy atom. The molecule has 20 heavy (non-hydrogen) atoms. The van der Waals surface area contributed by atoms with Crippen molar-refractivity contribution < 1.29 is 24.3 Å². The molecule has 0 aromatic heterocycles. The number of carboxylic acid groups (broad SMARTS) is 1. The zero-order valence-electron chi connectivity index (χ0n) is 10.8. The van der Waals surface area contributed by atoms with Crippen LogP contribution in [0.15, 0.2) is 17.2 Å². The fourth-order valence-corrected chi connectivity index (χ4v) is 1.40. The van der Waals surface area contributed by atoms with Crippen LogP contribution in [0.5, 0.6) is 11.5 Å². The van der Waals surface area contributed by atoms with Crippen LogP contribution < -0.4 is 15.3 Å². The van der Waals surface area contributed by atoms with Crippen LogP contribution in [-0.4, -0.2) is 35.4 Å². The summed E-state index contributed by atoms with van der Waals surface area (Å²) in [5.41, 5.74) is -0.112. The number of aliphatic carboxylic acids is 1. The number of hydrogen-bond donors (Lipinski definition) is 2. The lowest BCUT2D eigenvalue weighted by atomic mass is 10.1. The van der Waals surface area contributed by atoms with Gasteiger partial charge in [-0.05, 0) is 6.92 Å². The Bertz CT molecular complexity index is 557. The van der Waals surface area contributed by atoms with Crippen molar-refractivity contribution in [1.82, 2.24) is 0 Å². The largest absolute Gasteiger partial charge is 0.493 e. The van der Waals surface area contributed by atoms with Gasteiger partial charge in [-0.25, -0.2) is 4.79 Å². The van der Waals surface area contributed by atoms with E-state index in [1.54, 1.807) is 0 Å². The van der Waals surface area contributed by atoms with Crippen LogP contribution in [-0.2, 0) is 4.79 Å². The van der Waals surface area contributed by atoms with Crippen molar-refractivity contribution in [3.63, 3.8) is 0 Å². The van der Waals surface area contributed by atoms with Gasteiger partial charge in [0.05, 0.1) is 24.3 Å². The number of nitro benzene ring substituents is 1. The number of methoxy groups -OCH3 is 1. The summed E-state index contributed by atoms with van der Waals surface area (Å²) in [6, 6.07) is 2.28. The van der Waals surface area contributed by atoms with Crippen molar-refractivity contribution in [3.8, 4) is 11.5 Å². The number of nitro groups is 1. The number of ether oxygens (including phenoxy) is 2. The van der Waals surface area contributed by atoms with Crippen molar-refractivity contribution in [2.75, 3.05) is 7.11 Å². The smallest absolute Gasteiger partial charge is 0.344 e. The first-order chi connectivity index (χ1) is 9.40. The van der Waals surface area contributed by atoms with Crippen molar-refractivity contribution >= 4 is 17.9 Å². The highest BCUT2D eigenvalue weighted by atomic mass is 16.6. The highest BCUT2D eigenvalue weighted by Crippen LogP contribution is 2.35. The molecule has 9 nitrogen and oxygen atoms in total. The van der Waals surface area contributed by atoms with E-state index in [0.717, 1.165) is 18.3 Å². The molecule has 1 aromatic rings. The minimum Gasteiger partial charge on any atom is -0.493 e. The van der Waals surface area contributed by atoms with Crippen LogP contribution in [0.1, 0.15) is 12.5 Å². The number of carbonyl (C=O) groups is 1. The van der Waals surface area contributed by atoms with Gasteiger partial charge < -0.3 is 20.4 Å². The Kier molecular flexibility index (Phi) is 4.84. The standard InChI is InChI=1S/C11H13N3O6/c1-6(11(15)16)20-10-7(5-13-12)3-8(14(17)18)4-9(10)19-2/h3-6H,12H2,1-2H3,(H,15,16). The van der Waals surface area contributed by atoms with Crippen LogP contribution in [0.4, 0.5) is 5.69 Å². The third-order valence-corrected chi connectivity index (χ3v) is 2.36. The average Bonchev–Trinajstić information content (AvgIpc) is 2.40. The van der Waals surface area contributed by atoms with Gasteiger partial charge in [-0.1, -0.05) is 0 Å². The van der Waals surface area contributed by atoms with Crippen LogP contribution in [0.2, 0.25) is 0 Å². The molecular weight excluding hydrogens is 270 g/mol. The number of nitrogens with zero attached hydrogens (tertiary/aromatic N) is 2. The first-order valence-electron chi connectivity index (χ1n) is 5.39. The molecular formula is C11H13N3O6. The van der Waals surface area contributed by atoms with E-state index in [-0.39, 0.29) is 22.7 Å². The predicted octanol–water partition coefficient (Wildman–Crippen LogP) is 0.748. The summed E-state index contributed by atoms with van der Waals surface area (Å²) in [5.74, 6) is 3.86. The SMILES string of the molecule is COc1cc([N+](=O)[O-])cc(C=NN)c1OC(C)C(=O)O. The van der Waals surface area contributed by atoms with Gasteiger partial charge in [-0.15, -0.1) is 0 Å².